The number of anilines is 1. The average molecular weight is 267 g/mol. The molecule has 0 aliphatic heterocycles. The van der Waals surface area contributed by atoms with E-state index < -0.39 is 0 Å². The first-order valence-electron chi connectivity index (χ1n) is 7.11. The van der Waals surface area contributed by atoms with Crippen molar-refractivity contribution >= 4 is 11.6 Å². The summed E-state index contributed by atoms with van der Waals surface area (Å²) >= 11 is 0. The van der Waals surface area contributed by atoms with Gasteiger partial charge < -0.3 is 5.32 Å². The van der Waals surface area contributed by atoms with E-state index in [0.717, 1.165) is 17.7 Å². The number of rotatable bonds is 4. The van der Waals surface area contributed by atoms with Crippen molar-refractivity contribution in [3.63, 3.8) is 0 Å². The first-order valence-corrected chi connectivity index (χ1v) is 7.11. The highest BCUT2D eigenvalue weighted by molar-refractivity contribution is 6.04. The maximum Gasteiger partial charge on any atom is 0.255 e. The van der Waals surface area contributed by atoms with Gasteiger partial charge in [0.2, 0.25) is 0 Å². The van der Waals surface area contributed by atoms with Gasteiger partial charge in [-0.05, 0) is 41.7 Å². The standard InChI is InChI=1S/C18H21NO/c1-4-14-7-5-6-8-17(14)19-18(20)16-11-9-15(10-12-16)13(2)3/h5-13H,4H2,1-3H3,(H,19,20). The van der Waals surface area contributed by atoms with Crippen LogP contribution in [-0.4, -0.2) is 5.91 Å². The van der Waals surface area contributed by atoms with Crippen LogP contribution >= 0.6 is 0 Å². The number of hydrogen-bond donors (Lipinski definition) is 1. The summed E-state index contributed by atoms with van der Waals surface area (Å²) in [5, 5.41) is 2.99. The second-order valence-corrected chi connectivity index (χ2v) is 5.24. The van der Waals surface area contributed by atoms with E-state index in [1.54, 1.807) is 0 Å². The molecule has 0 saturated heterocycles. The third-order valence-electron chi connectivity index (χ3n) is 3.49. The zero-order valence-corrected chi connectivity index (χ0v) is 12.3. The largest absolute Gasteiger partial charge is 0.322 e. The van der Waals surface area contributed by atoms with Gasteiger partial charge in [0.1, 0.15) is 0 Å². The van der Waals surface area contributed by atoms with Crippen molar-refractivity contribution in [3.8, 4) is 0 Å². The summed E-state index contributed by atoms with van der Waals surface area (Å²) in [4.78, 5) is 12.3. The SMILES string of the molecule is CCc1ccccc1NC(=O)c1ccc(C(C)C)cc1. The molecule has 0 aliphatic carbocycles. The van der Waals surface area contributed by atoms with Gasteiger partial charge in [-0.25, -0.2) is 0 Å². The summed E-state index contributed by atoms with van der Waals surface area (Å²) in [6, 6.07) is 15.7. The molecular weight excluding hydrogens is 246 g/mol. The number of carbonyl (C=O) groups excluding carboxylic acids is 1. The number of carbonyl (C=O) groups is 1. The minimum atomic E-state index is -0.0544. The van der Waals surface area contributed by atoms with Crippen LogP contribution in [-0.2, 0) is 6.42 Å². The number of para-hydroxylation sites is 1. The zero-order chi connectivity index (χ0) is 14.5. The van der Waals surface area contributed by atoms with E-state index in [2.05, 4.69) is 26.1 Å². The summed E-state index contributed by atoms with van der Waals surface area (Å²) in [6.07, 6.45) is 0.905. The number of hydrogen-bond acceptors (Lipinski definition) is 1. The molecule has 2 aromatic carbocycles. The topological polar surface area (TPSA) is 29.1 Å². The van der Waals surface area contributed by atoms with Gasteiger partial charge in [0.25, 0.3) is 5.91 Å². The molecule has 0 aliphatic rings. The maximum atomic E-state index is 12.3. The number of amides is 1. The Labute approximate surface area is 120 Å². The minimum Gasteiger partial charge on any atom is -0.322 e. The Morgan fingerprint density at radius 1 is 1.05 bits per heavy atom. The molecule has 20 heavy (non-hydrogen) atoms. The Kier molecular flexibility index (Phi) is 4.57. The second-order valence-electron chi connectivity index (χ2n) is 5.24. The lowest BCUT2D eigenvalue weighted by molar-refractivity contribution is 0.102. The number of aryl methyl sites for hydroxylation is 1. The molecular formula is C18H21NO. The van der Waals surface area contributed by atoms with Crippen LogP contribution in [0.4, 0.5) is 5.69 Å². The summed E-state index contributed by atoms with van der Waals surface area (Å²) < 4.78 is 0. The lowest BCUT2D eigenvalue weighted by atomic mass is 10.0. The fourth-order valence-corrected chi connectivity index (χ4v) is 2.16. The molecule has 2 aromatic rings. The fourth-order valence-electron chi connectivity index (χ4n) is 2.16. The quantitative estimate of drug-likeness (QED) is 0.860. The van der Waals surface area contributed by atoms with E-state index in [-0.39, 0.29) is 5.91 Å². The normalized spacial score (nSPS) is 10.6. The van der Waals surface area contributed by atoms with Crippen LogP contribution in [0.1, 0.15) is 48.2 Å². The summed E-state index contributed by atoms with van der Waals surface area (Å²) in [5.41, 5.74) is 3.99. The fraction of sp³-hybridized carbons (Fsp3) is 0.278. The Hall–Kier alpha value is -2.09. The Bertz CT molecular complexity index is 585. The van der Waals surface area contributed by atoms with E-state index >= 15 is 0 Å². The van der Waals surface area contributed by atoms with Crippen molar-refractivity contribution < 1.29 is 4.79 Å². The van der Waals surface area contributed by atoms with Crippen LogP contribution in [0.5, 0.6) is 0 Å². The Morgan fingerprint density at radius 2 is 1.70 bits per heavy atom. The van der Waals surface area contributed by atoms with E-state index in [0.29, 0.717) is 11.5 Å². The Morgan fingerprint density at radius 3 is 2.30 bits per heavy atom. The van der Waals surface area contributed by atoms with Gasteiger partial charge in [-0.1, -0.05) is 51.1 Å². The lowest BCUT2D eigenvalue weighted by Gasteiger charge is -2.10. The van der Waals surface area contributed by atoms with Gasteiger partial charge in [0.15, 0.2) is 0 Å². The van der Waals surface area contributed by atoms with E-state index in [9.17, 15) is 4.79 Å². The monoisotopic (exact) mass is 267 g/mol. The highest BCUT2D eigenvalue weighted by Crippen LogP contribution is 2.18. The number of benzene rings is 2. The molecule has 0 unspecified atom stereocenters. The van der Waals surface area contributed by atoms with Crippen LogP contribution < -0.4 is 5.32 Å². The molecule has 0 aromatic heterocycles. The van der Waals surface area contributed by atoms with Gasteiger partial charge in [-0.2, -0.15) is 0 Å². The smallest absolute Gasteiger partial charge is 0.255 e. The van der Waals surface area contributed by atoms with Gasteiger partial charge in [-0.15, -0.1) is 0 Å². The predicted molar refractivity (Wildman–Crippen MR) is 84.3 cm³/mol. The lowest BCUT2D eigenvalue weighted by Crippen LogP contribution is -2.13. The van der Waals surface area contributed by atoms with Gasteiger partial charge in [-0.3, -0.25) is 4.79 Å². The highest BCUT2D eigenvalue weighted by Gasteiger charge is 2.08. The molecule has 0 radical (unpaired) electrons. The van der Waals surface area contributed by atoms with E-state index in [1.807, 2.05) is 48.5 Å². The van der Waals surface area contributed by atoms with Crippen LogP contribution in [0.3, 0.4) is 0 Å². The van der Waals surface area contributed by atoms with Gasteiger partial charge in [0, 0.05) is 11.3 Å². The van der Waals surface area contributed by atoms with Gasteiger partial charge >= 0.3 is 0 Å². The van der Waals surface area contributed by atoms with Crippen molar-refractivity contribution in [2.24, 2.45) is 0 Å². The zero-order valence-electron chi connectivity index (χ0n) is 12.3. The van der Waals surface area contributed by atoms with Crippen molar-refractivity contribution in [2.45, 2.75) is 33.1 Å². The van der Waals surface area contributed by atoms with E-state index in [1.165, 1.54) is 5.56 Å². The first-order chi connectivity index (χ1) is 9.61. The molecule has 0 atom stereocenters. The van der Waals surface area contributed by atoms with Crippen molar-refractivity contribution in [1.82, 2.24) is 0 Å². The molecule has 104 valence electrons. The molecule has 1 amide bonds. The molecule has 0 saturated carbocycles. The molecule has 1 N–H and O–H groups in total. The molecule has 0 heterocycles. The third-order valence-corrected chi connectivity index (χ3v) is 3.49. The maximum absolute atomic E-state index is 12.3. The highest BCUT2D eigenvalue weighted by atomic mass is 16.1. The Balaban J connectivity index is 2.15. The molecule has 0 bridgehead atoms. The van der Waals surface area contributed by atoms with Crippen molar-refractivity contribution in [1.29, 1.82) is 0 Å². The summed E-state index contributed by atoms with van der Waals surface area (Å²) in [7, 11) is 0. The van der Waals surface area contributed by atoms with Crippen LogP contribution in [0.25, 0.3) is 0 Å². The average Bonchev–Trinajstić information content (AvgIpc) is 2.48. The van der Waals surface area contributed by atoms with E-state index in [4.69, 9.17) is 0 Å². The van der Waals surface area contributed by atoms with Crippen molar-refractivity contribution in [2.75, 3.05) is 5.32 Å². The molecule has 0 spiro atoms. The van der Waals surface area contributed by atoms with Crippen LogP contribution in [0.15, 0.2) is 48.5 Å². The first kappa shape index (κ1) is 14.3. The third kappa shape index (κ3) is 3.27. The van der Waals surface area contributed by atoms with Crippen LogP contribution in [0.2, 0.25) is 0 Å². The van der Waals surface area contributed by atoms with Crippen molar-refractivity contribution in [3.05, 3.63) is 65.2 Å². The molecule has 2 nitrogen and oxygen atoms in total. The second kappa shape index (κ2) is 6.38. The molecule has 0 fully saturated rings. The summed E-state index contributed by atoms with van der Waals surface area (Å²) in [6.45, 7) is 6.38. The predicted octanol–water partition coefficient (Wildman–Crippen LogP) is 4.62. The summed E-state index contributed by atoms with van der Waals surface area (Å²) in [5.74, 6) is 0.425. The van der Waals surface area contributed by atoms with Crippen LogP contribution in [0, 0.1) is 0 Å². The molecule has 2 rings (SSSR count). The number of nitrogens with one attached hydrogen (secondary N) is 1. The molecule has 2 heteroatoms. The van der Waals surface area contributed by atoms with Gasteiger partial charge in [0.05, 0.1) is 0 Å². The minimum absolute atomic E-state index is 0.0544.